The third-order valence-electron chi connectivity index (χ3n) is 2.98. The Hall–Kier alpha value is -2.41. The van der Waals surface area contributed by atoms with Crippen molar-refractivity contribution >= 4 is 29.7 Å². The second-order valence-corrected chi connectivity index (χ2v) is 6.70. The number of benzene rings is 1. The van der Waals surface area contributed by atoms with Gasteiger partial charge in [-0.15, -0.1) is 0 Å². The highest BCUT2D eigenvalue weighted by Gasteiger charge is 2.15. The monoisotopic (exact) mass is 384 g/mol. The smallest absolute Gasteiger partial charge is 0.407 e. The summed E-state index contributed by atoms with van der Waals surface area (Å²) in [4.78, 5) is 23.3. The highest BCUT2D eigenvalue weighted by molar-refractivity contribution is 6.32. The fourth-order valence-electron chi connectivity index (χ4n) is 1.93. The summed E-state index contributed by atoms with van der Waals surface area (Å²) in [5.41, 5.74) is 0.131. The Morgan fingerprint density at radius 2 is 1.77 bits per heavy atom. The predicted molar refractivity (Wildman–Crippen MR) is 101 cm³/mol. The first-order valence-corrected chi connectivity index (χ1v) is 8.38. The predicted octanol–water partition coefficient (Wildman–Crippen LogP) is 3.01. The third kappa shape index (κ3) is 7.65. The molecule has 26 heavy (non-hydrogen) atoms. The van der Waals surface area contributed by atoms with Gasteiger partial charge >= 0.3 is 6.09 Å². The SMILES string of the molecule is COc1cc(/C=C/C(=O)NCCNC(=O)OC(C)(C)C)cc(Cl)c1OC. The van der Waals surface area contributed by atoms with Crippen LogP contribution in [-0.4, -0.2) is 44.9 Å². The molecule has 0 bridgehead atoms. The molecule has 7 nitrogen and oxygen atoms in total. The molecule has 0 atom stereocenters. The molecule has 0 aliphatic rings. The van der Waals surface area contributed by atoms with Crippen molar-refractivity contribution in [3.8, 4) is 11.5 Å². The highest BCUT2D eigenvalue weighted by Crippen LogP contribution is 2.36. The number of rotatable bonds is 7. The van der Waals surface area contributed by atoms with Gasteiger partial charge in [0.05, 0.1) is 19.2 Å². The lowest BCUT2D eigenvalue weighted by molar-refractivity contribution is -0.116. The minimum Gasteiger partial charge on any atom is -0.493 e. The maximum atomic E-state index is 11.8. The fourth-order valence-corrected chi connectivity index (χ4v) is 2.23. The van der Waals surface area contributed by atoms with Crippen LogP contribution in [0.2, 0.25) is 5.02 Å². The highest BCUT2D eigenvalue weighted by atomic mass is 35.5. The maximum absolute atomic E-state index is 11.8. The quantitative estimate of drug-likeness (QED) is 0.557. The molecule has 0 aliphatic heterocycles. The number of carbonyl (C=O) groups is 2. The van der Waals surface area contributed by atoms with Gasteiger partial charge in [0.15, 0.2) is 11.5 Å². The van der Waals surface area contributed by atoms with E-state index in [4.69, 9.17) is 25.8 Å². The molecular weight excluding hydrogens is 360 g/mol. The van der Waals surface area contributed by atoms with Crippen molar-refractivity contribution in [3.63, 3.8) is 0 Å². The van der Waals surface area contributed by atoms with Crippen molar-refractivity contribution in [2.45, 2.75) is 26.4 Å². The zero-order valence-electron chi connectivity index (χ0n) is 15.6. The van der Waals surface area contributed by atoms with Crippen LogP contribution < -0.4 is 20.1 Å². The normalized spacial score (nSPS) is 11.2. The van der Waals surface area contributed by atoms with E-state index < -0.39 is 11.7 Å². The molecule has 0 radical (unpaired) electrons. The van der Waals surface area contributed by atoms with Crippen LogP contribution in [0.5, 0.6) is 11.5 Å². The molecule has 0 spiro atoms. The summed E-state index contributed by atoms with van der Waals surface area (Å²) >= 11 is 6.12. The molecule has 144 valence electrons. The van der Waals surface area contributed by atoms with Crippen molar-refractivity contribution in [1.82, 2.24) is 10.6 Å². The topological polar surface area (TPSA) is 85.9 Å². The number of methoxy groups -OCH3 is 2. The van der Waals surface area contributed by atoms with E-state index in [9.17, 15) is 9.59 Å². The lowest BCUT2D eigenvalue weighted by Gasteiger charge is -2.19. The number of amides is 2. The van der Waals surface area contributed by atoms with Gasteiger partial charge in [0.2, 0.25) is 5.91 Å². The number of halogens is 1. The first-order chi connectivity index (χ1) is 12.2. The van der Waals surface area contributed by atoms with Gasteiger partial charge in [-0.1, -0.05) is 11.6 Å². The van der Waals surface area contributed by atoms with Gasteiger partial charge in [-0.25, -0.2) is 4.79 Å². The maximum Gasteiger partial charge on any atom is 0.407 e. The molecule has 2 N–H and O–H groups in total. The van der Waals surface area contributed by atoms with Crippen molar-refractivity contribution in [1.29, 1.82) is 0 Å². The molecule has 1 aromatic rings. The van der Waals surface area contributed by atoms with Crippen molar-refractivity contribution < 1.29 is 23.8 Å². The zero-order chi connectivity index (χ0) is 19.7. The first kappa shape index (κ1) is 21.6. The van der Waals surface area contributed by atoms with Crippen LogP contribution in [0.4, 0.5) is 4.79 Å². The Morgan fingerprint density at radius 1 is 1.12 bits per heavy atom. The van der Waals surface area contributed by atoms with Crippen molar-refractivity contribution in [2.75, 3.05) is 27.3 Å². The number of hydrogen-bond acceptors (Lipinski definition) is 5. The molecular formula is C18H25ClN2O5. The second kappa shape index (κ2) is 9.91. The minimum atomic E-state index is -0.559. The molecule has 8 heteroatoms. The molecule has 1 rings (SSSR count). The van der Waals surface area contributed by atoms with E-state index in [0.29, 0.717) is 22.1 Å². The van der Waals surface area contributed by atoms with E-state index in [1.807, 2.05) is 0 Å². The summed E-state index contributed by atoms with van der Waals surface area (Å²) in [5.74, 6) is 0.604. The van der Waals surface area contributed by atoms with Crippen LogP contribution in [-0.2, 0) is 9.53 Å². The van der Waals surface area contributed by atoms with Crippen LogP contribution in [0.1, 0.15) is 26.3 Å². The van der Waals surface area contributed by atoms with Gasteiger partial charge in [-0.05, 0) is 44.5 Å². The lowest BCUT2D eigenvalue weighted by atomic mass is 10.2. The molecule has 0 heterocycles. The van der Waals surface area contributed by atoms with E-state index in [-0.39, 0.29) is 19.0 Å². The Bertz CT molecular complexity index is 668. The van der Waals surface area contributed by atoms with Gasteiger partial charge in [0.1, 0.15) is 5.60 Å². The Balaban J connectivity index is 2.48. The van der Waals surface area contributed by atoms with E-state index >= 15 is 0 Å². The van der Waals surface area contributed by atoms with E-state index in [1.54, 1.807) is 39.0 Å². The Morgan fingerprint density at radius 3 is 2.35 bits per heavy atom. The Labute approximate surface area is 158 Å². The van der Waals surface area contributed by atoms with Crippen LogP contribution in [0.25, 0.3) is 6.08 Å². The summed E-state index contributed by atoms with van der Waals surface area (Å²) in [6, 6.07) is 3.37. The third-order valence-corrected chi connectivity index (χ3v) is 3.26. The van der Waals surface area contributed by atoms with E-state index in [1.165, 1.54) is 20.3 Å². The number of ether oxygens (including phenoxy) is 3. The molecule has 1 aromatic carbocycles. The van der Waals surface area contributed by atoms with Gasteiger partial charge in [0.25, 0.3) is 0 Å². The average molecular weight is 385 g/mol. The molecule has 2 amide bonds. The van der Waals surface area contributed by atoms with Crippen molar-refractivity contribution in [3.05, 3.63) is 28.8 Å². The summed E-state index contributed by atoms with van der Waals surface area (Å²) in [5, 5.41) is 5.59. The Kier molecular flexibility index (Phi) is 8.25. The zero-order valence-corrected chi connectivity index (χ0v) is 16.4. The summed E-state index contributed by atoms with van der Waals surface area (Å²) < 4.78 is 15.5. The fraction of sp³-hybridized carbons (Fsp3) is 0.444. The van der Waals surface area contributed by atoms with Gasteiger partial charge < -0.3 is 24.8 Å². The van der Waals surface area contributed by atoms with Crippen LogP contribution in [0, 0.1) is 0 Å². The number of hydrogen-bond donors (Lipinski definition) is 2. The van der Waals surface area contributed by atoms with Crippen LogP contribution in [0.15, 0.2) is 18.2 Å². The lowest BCUT2D eigenvalue weighted by Crippen LogP contribution is -2.37. The number of nitrogens with one attached hydrogen (secondary N) is 2. The van der Waals surface area contributed by atoms with Crippen LogP contribution in [0.3, 0.4) is 0 Å². The molecule has 0 unspecified atom stereocenters. The molecule has 0 saturated heterocycles. The summed E-state index contributed by atoms with van der Waals surface area (Å²) in [7, 11) is 3.00. The largest absolute Gasteiger partial charge is 0.493 e. The number of alkyl carbamates (subject to hydrolysis) is 1. The summed E-state index contributed by atoms with van der Waals surface area (Å²) in [6.45, 7) is 5.87. The average Bonchev–Trinajstić information content (AvgIpc) is 2.54. The van der Waals surface area contributed by atoms with E-state index in [2.05, 4.69) is 10.6 Å². The van der Waals surface area contributed by atoms with E-state index in [0.717, 1.165) is 0 Å². The van der Waals surface area contributed by atoms with Gasteiger partial charge in [-0.3, -0.25) is 4.79 Å². The van der Waals surface area contributed by atoms with Crippen LogP contribution >= 0.6 is 11.6 Å². The molecule has 0 aromatic heterocycles. The molecule has 0 fully saturated rings. The molecule has 0 saturated carbocycles. The second-order valence-electron chi connectivity index (χ2n) is 6.29. The van der Waals surface area contributed by atoms with Gasteiger partial charge in [0, 0.05) is 19.2 Å². The standard InChI is InChI=1S/C18H25ClN2O5/c1-18(2,3)26-17(23)21-9-8-20-15(22)7-6-12-10-13(19)16(25-5)14(11-12)24-4/h6-7,10-11H,8-9H2,1-5H3,(H,20,22)(H,21,23)/b7-6+. The van der Waals surface area contributed by atoms with Gasteiger partial charge in [-0.2, -0.15) is 0 Å². The summed E-state index contributed by atoms with van der Waals surface area (Å²) in [6.07, 6.45) is 2.44. The number of carbonyl (C=O) groups excluding carboxylic acids is 2. The molecule has 0 aliphatic carbocycles. The minimum absolute atomic E-state index is 0.261. The first-order valence-electron chi connectivity index (χ1n) is 8.00. The van der Waals surface area contributed by atoms with Crippen molar-refractivity contribution in [2.24, 2.45) is 0 Å².